The van der Waals surface area contributed by atoms with E-state index in [1.54, 1.807) is 57.7 Å². The SMILES string of the molecule is COc1cccc(C(=C(C#N)C#N)c2cc(OC)cc(OC)c2)c1. The van der Waals surface area contributed by atoms with Crippen LogP contribution in [-0.2, 0) is 0 Å². The number of hydrogen-bond donors (Lipinski definition) is 0. The molecule has 120 valence electrons. The van der Waals surface area contributed by atoms with Crippen molar-refractivity contribution in [3.63, 3.8) is 0 Å². The Morgan fingerprint density at radius 1 is 0.750 bits per heavy atom. The molecule has 0 N–H and O–H groups in total. The van der Waals surface area contributed by atoms with E-state index >= 15 is 0 Å². The number of ether oxygens (including phenoxy) is 3. The lowest BCUT2D eigenvalue weighted by molar-refractivity contribution is 0.394. The summed E-state index contributed by atoms with van der Waals surface area (Å²) in [6.07, 6.45) is 0. The van der Waals surface area contributed by atoms with E-state index in [4.69, 9.17) is 14.2 Å². The van der Waals surface area contributed by atoms with Gasteiger partial charge in [-0.05, 0) is 35.4 Å². The molecule has 0 aliphatic carbocycles. The lowest BCUT2D eigenvalue weighted by atomic mass is 9.93. The summed E-state index contributed by atoms with van der Waals surface area (Å²) in [5.41, 5.74) is 1.84. The molecule has 0 aliphatic heterocycles. The van der Waals surface area contributed by atoms with Crippen LogP contribution in [0.25, 0.3) is 5.57 Å². The van der Waals surface area contributed by atoms with Crippen molar-refractivity contribution >= 4 is 5.57 Å². The minimum absolute atomic E-state index is 0.00133. The van der Waals surface area contributed by atoms with Crippen LogP contribution >= 0.6 is 0 Å². The van der Waals surface area contributed by atoms with E-state index in [0.717, 1.165) is 0 Å². The third-order valence-corrected chi connectivity index (χ3v) is 3.47. The summed E-state index contributed by atoms with van der Waals surface area (Å²) < 4.78 is 15.8. The average molecular weight is 320 g/mol. The van der Waals surface area contributed by atoms with Gasteiger partial charge < -0.3 is 14.2 Å². The highest BCUT2D eigenvalue weighted by Gasteiger charge is 2.15. The Morgan fingerprint density at radius 3 is 1.79 bits per heavy atom. The van der Waals surface area contributed by atoms with Gasteiger partial charge in [-0.3, -0.25) is 0 Å². The Kier molecular flexibility index (Phi) is 5.44. The number of methoxy groups -OCH3 is 3. The predicted octanol–water partition coefficient (Wildman–Crippen LogP) is 3.56. The highest BCUT2D eigenvalue weighted by molar-refractivity contribution is 5.87. The van der Waals surface area contributed by atoms with E-state index in [1.165, 1.54) is 0 Å². The fraction of sp³-hybridized carbons (Fsp3) is 0.158. The van der Waals surface area contributed by atoms with Gasteiger partial charge in [0.25, 0.3) is 0 Å². The molecule has 0 aliphatic rings. The molecule has 0 saturated carbocycles. The number of hydrogen-bond acceptors (Lipinski definition) is 5. The van der Waals surface area contributed by atoms with Gasteiger partial charge in [-0.2, -0.15) is 10.5 Å². The van der Waals surface area contributed by atoms with E-state index < -0.39 is 0 Å². The van der Waals surface area contributed by atoms with Crippen molar-refractivity contribution in [1.82, 2.24) is 0 Å². The second-order valence-corrected chi connectivity index (χ2v) is 4.81. The zero-order chi connectivity index (χ0) is 17.5. The monoisotopic (exact) mass is 320 g/mol. The fourth-order valence-electron chi connectivity index (χ4n) is 2.32. The van der Waals surface area contributed by atoms with Crippen LogP contribution in [0.2, 0.25) is 0 Å². The van der Waals surface area contributed by atoms with Crippen LogP contribution in [0.1, 0.15) is 11.1 Å². The molecule has 0 unspecified atom stereocenters. The zero-order valence-electron chi connectivity index (χ0n) is 13.7. The molecular weight excluding hydrogens is 304 g/mol. The minimum Gasteiger partial charge on any atom is -0.497 e. The summed E-state index contributed by atoms with van der Waals surface area (Å²) in [6.45, 7) is 0. The Labute approximate surface area is 140 Å². The molecule has 5 nitrogen and oxygen atoms in total. The van der Waals surface area contributed by atoms with Gasteiger partial charge in [0.05, 0.1) is 21.3 Å². The molecule has 2 aromatic carbocycles. The molecular formula is C19H16N2O3. The van der Waals surface area contributed by atoms with Gasteiger partial charge in [-0.25, -0.2) is 0 Å². The number of rotatable bonds is 5. The van der Waals surface area contributed by atoms with Gasteiger partial charge >= 0.3 is 0 Å². The third kappa shape index (κ3) is 3.48. The first kappa shape index (κ1) is 16.9. The number of benzene rings is 2. The minimum atomic E-state index is -0.00133. The largest absolute Gasteiger partial charge is 0.497 e. The number of nitriles is 2. The van der Waals surface area contributed by atoms with Crippen molar-refractivity contribution in [2.24, 2.45) is 0 Å². The maximum Gasteiger partial charge on any atom is 0.138 e. The van der Waals surface area contributed by atoms with Crippen molar-refractivity contribution in [2.75, 3.05) is 21.3 Å². The molecule has 5 heteroatoms. The maximum absolute atomic E-state index is 9.37. The molecule has 0 radical (unpaired) electrons. The lowest BCUT2D eigenvalue weighted by Crippen LogP contribution is -1.96. The second-order valence-electron chi connectivity index (χ2n) is 4.81. The van der Waals surface area contributed by atoms with Gasteiger partial charge in [-0.1, -0.05) is 12.1 Å². The van der Waals surface area contributed by atoms with E-state index in [-0.39, 0.29) is 5.57 Å². The van der Waals surface area contributed by atoms with Gasteiger partial charge in [0.1, 0.15) is 35.0 Å². The maximum atomic E-state index is 9.37. The van der Waals surface area contributed by atoms with Crippen LogP contribution in [0.5, 0.6) is 17.2 Å². The summed E-state index contributed by atoms with van der Waals surface area (Å²) >= 11 is 0. The predicted molar refractivity (Wildman–Crippen MR) is 89.8 cm³/mol. The van der Waals surface area contributed by atoms with Crippen molar-refractivity contribution in [1.29, 1.82) is 10.5 Å². The molecule has 0 bridgehead atoms. The van der Waals surface area contributed by atoms with Crippen LogP contribution in [0.4, 0.5) is 0 Å². The number of allylic oxidation sites excluding steroid dienone is 1. The molecule has 0 heterocycles. The fourth-order valence-corrected chi connectivity index (χ4v) is 2.32. The van der Waals surface area contributed by atoms with Gasteiger partial charge in [0.2, 0.25) is 0 Å². The standard InChI is InChI=1S/C19H16N2O3/c1-22-16-6-4-5-13(7-16)19(15(11-20)12-21)14-8-17(23-2)10-18(9-14)24-3/h4-10H,1-3H3. The van der Waals surface area contributed by atoms with Gasteiger partial charge in [-0.15, -0.1) is 0 Å². The van der Waals surface area contributed by atoms with Crippen LogP contribution in [0.15, 0.2) is 48.0 Å². The first-order chi connectivity index (χ1) is 11.7. The van der Waals surface area contributed by atoms with E-state index in [1.807, 2.05) is 18.2 Å². The van der Waals surface area contributed by atoms with Crippen molar-refractivity contribution in [3.05, 3.63) is 59.2 Å². The first-order valence-corrected chi connectivity index (χ1v) is 7.09. The van der Waals surface area contributed by atoms with Crippen LogP contribution in [0, 0.1) is 22.7 Å². The van der Waals surface area contributed by atoms with Crippen LogP contribution in [0.3, 0.4) is 0 Å². The molecule has 0 atom stereocenters. The molecule has 0 amide bonds. The van der Waals surface area contributed by atoms with Gasteiger partial charge in [0.15, 0.2) is 0 Å². The Hall–Kier alpha value is -3.44. The number of nitrogens with zero attached hydrogens (tertiary/aromatic N) is 2. The highest BCUT2D eigenvalue weighted by atomic mass is 16.5. The Morgan fingerprint density at radius 2 is 1.29 bits per heavy atom. The van der Waals surface area contributed by atoms with Crippen LogP contribution in [-0.4, -0.2) is 21.3 Å². The summed E-state index contributed by atoms with van der Waals surface area (Å²) in [4.78, 5) is 0. The van der Waals surface area contributed by atoms with Gasteiger partial charge in [0, 0.05) is 11.6 Å². The molecule has 2 aromatic rings. The van der Waals surface area contributed by atoms with E-state index in [0.29, 0.717) is 33.9 Å². The smallest absolute Gasteiger partial charge is 0.138 e. The van der Waals surface area contributed by atoms with Crippen molar-refractivity contribution in [2.45, 2.75) is 0 Å². The van der Waals surface area contributed by atoms with E-state index in [9.17, 15) is 10.5 Å². The third-order valence-electron chi connectivity index (χ3n) is 3.47. The van der Waals surface area contributed by atoms with Crippen molar-refractivity contribution < 1.29 is 14.2 Å². The Bertz CT molecular complexity index is 819. The summed E-state index contributed by atoms with van der Waals surface area (Å²) in [5, 5.41) is 18.7. The molecule has 0 fully saturated rings. The molecule has 0 saturated heterocycles. The topological polar surface area (TPSA) is 75.3 Å². The molecule has 0 spiro atoms. The highest BCUT2D eigenvalue weighted by Crippen LogP contribution is 2.33. The zero-order valence-corrected chi connectivity index (χ0v) is 13.7. The quantitative estimate of drug-likeness (QED) is 0.787. The average Bonchev–Trinajstić information content (AvgIpc) is 2.65. The lowest BCUT2D eigenvalue weighted by Gasteiger charge is -2.13. The second kappa shape index (κ2) is 7.71. The molecule has 2 rings (SSSR count). The molecule has 0 aromatic heterocycles. The normalized spacial score (nSPS) is 9.38. The summed E-state index contributed by atoms with van der Waals surface area (Å²) in [5.74, 6) is 1.77. The Balaban J connectivity index is 2.76. The first-order valence-electron chi connectivity index (χ1n) is 7.09. The van der Waals surface area contributed by atoms with Crippen molar-refractivity contribution in [3.8, 4) is 29.4 Å². The van der Waals surface area contributed by atoms with Crippen LogP contribution < -0.4 is 14.2 Å². The molecule has 24 heavy (non-hydrogen) atoms. The summed E-state index contributed by atoms with van der Waals surface area (Å²) in [7, 11) is 4.65. The van der Waals surface area contributed by atoms with E-state index in [2.05, 4.69) is 0 Å². The summed E-state index contributed by atoms with van der Waals surface area (Å²) in [6, 6.07) is 16.3.